The molecule has 0 bridgehead atoms. The molecule has 0 radical (unpaired) electrons. The SMILES string of the molecule is Cc1ccc(C)c(Cc2cc(N)n(C)n2)c1. The number of hydrogen-bond acceptors (Lipinski definition) is 2. The van der Waals surface area contributed by atoms with Gasteiger partial charge in [-0.3, -0.25) is 4.68 Å². The van der Waals surface area contributed by atoms with E-state index in [0.717, 1.165) is 12.1 Å². The van der Waals surface area contributed by atoms with Crippen LogP contribution in [0.4, 0.5) is 5.82 Å². The number of nitrogens with two attached hydrogens (primary N) is 1. The molecule has 0 amide bonds. The summed E-state index contributed by atoms with van der Waals surface area (Å²) in [6.07, 6.45) is 0.846. The van der Waals surface area contributed by atoms with E-state index in [4.69, 9.17) is 5.73 Å². The van der Waals surface area contributed by atoms with Gasteiger partial charge in [-0.05, 0) is 25.0 Å². The second kappa shape index (κ2) is 4.00. The van der Waals surface area contributed by atoms with Gasteiger partial charge in [0.2, 0.25) is 0 Å². The Bertz CT molecular complexity index is 492. The number of nitrogens with zero attached hydrogens (tertiary/aromatic N) is 2. The molecule has 0 unspecified atom stereocenters. The lowest BCUT2D eigenvalue weighted by atomic mass is 10.0. The Kier molecular flexibility index (Phi) is 2.69. The third-order valence-corrected chi connectivity index (χ3v) is 2.84. The van der Waals surface area contributed by atoms with Crippen LogP contribution in [0.2, 0.25) is 0 Å². The van der Waals surface area contributed by atoms with Crippen molar-refractivity contribution < 1.29 is 0 Å². The van der Waals surface area contributed by atoms with Crippen LogP contribution in [0, 0.1) is 13.8 Å². The molecule has 0 atom stereocenters. The van der Waals surface area contributed by atoms with Crippen LogP contribution >= 0.6 is 0 Å². The van der Waals surface area contributed by atoms with Crippen molar-refractivity contribution >= 4 is 5.82 Å². The van der Waals surface area contributed by atoms with Gasteiger partial charge in [-0.15, -0.1) is 0 Å². The van der Waals surface area contributed by atoms with E-state index >= 15 is 0 Å². The predicted octanol–water partition coefficient (Wildman–Crippen LogP) is 2.21. The Morgan fingerprint density at radius 1 is 1.25 bits per heavy atom. The molecular weight excluding hydrogens is 198 g/mol. The zero-order valence-electron chi connectivity index (χ0n) is 9.99. The Hall–Kier alpha value is -1.77. The summed E-state index contributed by atoms with van der Waals surface area (Å²) in [7, 11) is 1.86. The maximum absolute atomic E-state index is 5.76. The van der Waals surface area contributed by atoms with Crippen molar-refractivity contribution in [3.05, 3.63) is 46.6 Å². The van der Waals surface area contributed by atoms with Crippen molar-refractivity contribution in [3.63, 3.8) is 0 Å². The molecule has 0 saturated heterocycles. The van der Waals surface area contributed by atoms with Gasteiger partial charge in [0.15, 0.2) is 0 Å². The van der Waals surface area contributed by atoms with Crippen LogP contribution in [0.15, 0.2) is 24.3 Å². The normalized spacial score (nSPS) is 10.7. The first-order valence-electron chi connectivity index (χ1n) is 5.41. The fourth-order valence-electron chi connectivity index (χ4n) is 1.82. The third kappa shape index (κ3) is 2.08. The lowest BCUT2D eigenvalue weighted by molar-refractivity contribution is 0.758. The maximum Gasteiger partial charge on any atom is 0.121 e. The van der Waals surface area contributed by atoms with E-state index in [1.165, 1.54) is 16.7 Å². The number of nitrogen functional groups attached to an aromatic ring is 1. The molecule has 0 aliphatic carbocycles. The quantitative estimate of drug-likeness (QED) is 0.834. The van der Waals surface area contributed by atoms with Gasteiger partial charge in [0.05, 0.1) is 5.69 Å². The largest absolute Gasteiger partial charge is 0.384 e. The van der Waals surface area contributed by atoms with Crippen molar-refractivity contribution in [1.82, 2.24) is 9.78 Å². The van der Waals surface area contributed by atoms with Crippen molar-refractivity contribution in [2.45, 2.75) is 20.3 Å². The molecule has 1 heterocycles. The number of anilines is 1. The number of rotatable bonds is 2. The van der Waals surface area contributed by atoms with E-state index in [0.29, 0.717) is 5.82 Å². The summed E-state index contributed by atoms with van der Waals surface area (Å²) in [6, 6.07) is 8.42. The zero-order chi connectivity index (χ0) is 11.7. The average molecular weight is 215 g/mol. The first-order chi connectivity index (χ1) is 7.56. The Morgan fingerprint density at radius 3 is 2.62 bits per heavy atom. The molecule has 0 saturated carbocycles. The number of aromatic nitrogens is 2. The lowest BCUT2D eigenvalue weighted by Crippen LogP contribution is -1.98. The van der Waals surface area contributed by atoms with Crippen LogP contribution in [0.3, 0.4) is 0 Å². The minimum atomic E-state index is 0.709. The second-order valence-corrected chi connectivity index (χ2v) is 4.29. The van der Waals surface area contributed by atoms with Gasteiger partial charge in [-0.1, -0.05) is 23.8 Å². The predicted molar refractivity (Wildman–Crippen MR) is 66.3 cm³/mol. The molecule has 3 nitrogen and oxygen atoms in total. The Balaban J connectivity index is 2.29. The van der Waals surface area contributed by atoms with E-state index in [1.54, 1.807) is 4.68 Å². The molecule has 0 fully saturated rings. The molecule has 2 rings (SSSR count). The first kappa shape index (κ1) is 10.7. The lowest BCUT2D eigenvalue weighted by Gasteiger charge is -2.04. The highest BCUT2D eigenvalue weighted by Gasteiger charge is 2.05. The molecule has 1 aromatic heterocycles. The van der Waals surface area contributed by atoms with Crippen molar-refractivity contribution in [3.8, 4) is 0 Å². The number of aryl methyl sites for hydroxylation is 3. The smallest absolute Gasteiger partial charge is 0.121 e. The topological polar surface area (TPSA) is 43.8 Å². The fourth-order valence-corrected chi connectivity index (χ4v) is 1.82. The van der Waals surface area contributed by atoms with Gasteiger partial charge in [-0.25, -0.2) is 0 Å². The molecule has 3 heteroatoms. The van der Waals surface area contributed by atoms with Crippen LogP contribution in [0.5, 0.6) is 0 Å². The van der Waals surface area contributed by atoms with Gasteiger partial charge >= 0.3 is 0 Å². The summed E-state index contributed by atoms with van der Waals surface area (Å²) < 4.78 is 1.71. The maximum atomic E-state index is 5.76. The van der Waals surface area contributed by atoms with Crippen molar-refractivity contribution in [1.29, 1.82) is 0 Å². The number of hydrogen-bond donors (Lipinski definition) is 1. The van der Waals surface area contributed by atoms with E-state index in [9.17, 15) is 0 Å². The van der Waals surface area contributed by atoms with E-state index in [2.05, 4.69) is 37.1 Å². The summed E-state index contributed by atoms with van der Waals surface area (Å²) in [5.74, 6) is 0.709. The molecule has 84 valence electrons. The summed E-state index contributed by atoms with van der Waals surface area (Å²) in [5.41, 5.74) is 10.7. The minimum absolute atomic E-state index is 0.709. The monoisotopic (exact) mass is 215 g/mol. The van der Waals surface area contributed by atoms with E-state index in [-0.39, 0.29) is 0 Å². The molecule has 0 aliphatic rings. The minimum Gasteiger partial charge on any atom is -0.384 e. The van der Waals surface area contributed by atoms with Crippen molar-refractivity contribution in [2.75, 3.05) is 5.73 Å². The van der Waals surface area contributed by atoms with Crippen LogP contribution < -0.4 is 5.73 Å². The van der Waals surface area contributed by atoms with E-state index in [1.807, 2.05) is 13.1 Å². The third-order valence-electron chi connectivity index (χ3n) is 2.84. The zero-order valence-corrected chi connectivity index (χ0v) is 9.99. The molecule has 2 aromatic rings. The molecular formula is C13H17N3. The second-order valence-electron chi connectivity index (χ2n) is 4.29. The van der Waals surface area contributed by atoms with Gasteiger partial charge in [0, 0.05) is 19.5 Å². The Morgan fingerprint density at radius 2 is 2.00 bits per heavy atom. The van der Waals surface area contributed by atoms with Gasteiger partial charge in [0.1, 0.15) is 5.82 Å². The molecule has 0 aliphatic heterocycles. The highest BCUT2D eigenvalue weighted by Crippen LogP contribution is 2.16. The number of benzene rings is 1. The fraction of sp³-hybridized carbons (Fsp3) is 0.308. The molecule has 16 heavy (non-hydrogen) atoms. The van der Waals surface area contributed by atoms with Gasteiger partial charge in [0.25, 0.3) is 0 Å². The summed E-state index contributed by atoms with van der Waals surface area (Å²) in [6.45, 7) is 4.23. The van der Waals surface area contributed by atoms with Crippen LogP contribution in [-0.2, 0) is 13.5 Å². The highest BCUT2D eigenvalue weighted by molar-refractivity contribution is 5.37. The molecule has 2 N–H and O–H groups in total. The summed E-state index contributed by atoms with van der Waals surface area (Å²) >= 11 is 0. The summed E-state index contributed by atoms with van der Waals surface area (Å²) in [4.78, 5) is 0. The van der Waals surface area contributed by atoms with Crippen LogP contribution in [-0.4, -0.2) is 9.78 Å². The molecule has 0 spiro atoms. The van der Waals surface area contributed by atoms with Crippen LogP contribution in [0.1, 0.15) is 22.4 Å². The Labute approximate surface area is 95.9 Å². The summed E-state index contributed by atoms with van der Waals surface area (Å²) in [5, 5.41) is 4.37. The van der Waals surface area contributed by atoms with Gasteiger partial charge in [-0.2, -0.15) is 5.10 Å². The average Bonchev–Trinajstić information content (AvgIpc) is 2.52. The highest BCUT2D eigenvalue weighted by atomic mass is 15.3. The van der Waals surface area contributed by atoms with Crippen LogP contribution in [0.25, 0.3) is 0 Å². The molecule has 1 aromatic carbocycles. The van der Waals surface area contributed by atoms with Crippen molar-refractivity contribution in [2.24, 2.45) is 7.05 Å². The standard InChI is InChI=1S/C13H17N3/c1-9-4-5-10(2)11(6-9)7-12-8-13(14)16(3)15-12/h4-6,8H,7,14H2,1-3H3. The van der Waals surface area contributed by atoms with Gasteiger partial charge < -0.3 is 5.73 Å². The first-order valence-corrected chi connectivity index (χ1v) is 5.41. The van der Waals surface area contributed by atoms with E-state index < -0.39 is 0 Å².